The zero-order valence-electron chi connectivity index (χ0n) is 12.5. The molecular formula is C19H18N2O. The number of benzene rings is 2. The zero-order valence-corrected chi connectivity index (χ0v) is 12.5. The lowest BCUT2D eigenvalue weighted by Crippen LogP contribution is -2.13. The maximum Gasteiger partial charge on any atom is 0.128 e. The number of nitrogens with one attached hydrogen (secondary N) is 2. The molecule has 0 fully saturated rings. The van der Waals surface area contributed by atoms with E-state index < -0.39 is 0 Å². The molecule has 0 amide bonds. The minimum Gasteiger partial charge on any atom is -0.457 e. The van der Waals surface area contributed by atoms with E-state index in [0.717, 1.165) is 34.6 Å². The van der Waals surface area contributed by atoms with Crippen LogP contribution in [0.1, 0.15) is 12.6 Å². The Hall–Kier alpha value is -2.70. The Morgan fingerprint density at radius 3 is 2.73 bits per heavy atom. The highest BCUT2D eigenvalue weighted by Crippen LogP contribution is 2.25. The zero-order chi connectivity index (χ0) is 15.2. The normalized spacial score (nSPS) is 10.2. The van der Waals surface area contributed by atoms with E-state index in [0.29, 0.717) is 6.54 Å². The van der Waals surface area contributed by atoms with Crippen molar-refractivity contribution in [1.29, 1.82) is 0 Å². The second-order valence-electron chi connectivity index (χ2n) is 4.99. The first-order valence-electron chi connectivity index (χ1n) is 7.30. The Morgan fingerprint density at radius 1 is 1.05 bits per heavy atom. The third-order valence-corrected chi connectivity index (χ3v) is 3.33. The van der Waals surface area contributed by atoms with Crippen LogP contribution in [0.4, 0.5) is 0 Å². The van der Waals surface area contributed by atoms with E-state index in [2.05, 4.69) is 28.2 Å². The van der Waals surface area contributed by atoms with E-state index in [1.54, 1.807) is 0 Å². The minimum atomic E-state index is 0.703. The number of ether oxygens (including phenoxy) is 1. The SMILES string of the molecule is CC#CCNCc1cc2cc(Oc3ccccc3)ccc2[nH]1. The standard InChI is InChI=1S/C19H18N2O/c1-2-3-11-20-14-16-12-15-13-18(9-10-19(15)21-16)22-17-7-5-4-6-8-17/h4-10,12-13,20-21H,11,14H2,1H3. The molecule has 2 N–H and O–H groups in total. The van der Waals surface area contributed by atoms with Gasteiger partial charge >= 0.3 is 0 Å². The molecule has 0 saturated heterocycles. The lowest BCUT2D eigenvalue weighted by atomic mass is 10.2. The quantitative estimate of drug-likeness (QED) is 0.549. The molecular weight excluding hydrogens is 272 g/mol. The summed E-state index contributed by atoms with van der Waals surface area (Å²) in [6.07, 6.45) is 0. The van der Waals surface area contributed by atoms with Gasteiger partial charge < -0.3 is 15.0 Å². The van der Waals surface area contributed by atoms with Crippen LogP contribution in [0.3, 0.4) is 0 Å². The fourth-order valence-corrected chi connectivity index (χ4v) is 2.30. The lowest BCUT2D eigenvalue weighted by molar-refractivity contribution is 0.483. The first-order chi connectivity index (χ1) is 10.8. The topological polar surface area (TPSA) is 37.0 Å². The van der Waals surface area contributed by atoms with Crippen LogP contribution < -0.4 is 10.1 Å². The highest BCUT2D eigenvalue weighted by atomic mass is 16.5. The molecule has 0 spiro atoms. The van der Waals surface area contributed by atoms with Crippen LogP contribution in [0.15, 0.2) is 54.6 Å². The van der Waals surface area contributed by atoms with Crippen molar-refractivity contribution in [1.82, 2.24) is 10.3 Å². The monoisotopic (exact) mass is 290 g/mol. The number of H-pyrrole nitrogens is 1. The maximum absolute atomic E-state index is 5.86. The van der Waals surface area contributed by atoms with Crippen molar-refractivity contribution in [3.05, 3.63) is 60.3 Å². The highest BCUT2D eigenvalue weighted by molar-refractivity contribution is 5.82. The summed E-state index contributed by atoms with van der Waals surface area (Å²) >= 11 is 0. The Bertz CT molecular complexity index is 810. The third-order valence-electron chi connectivity index (χ3n) is 3.33. The van der Waals surface area contributed by atoms with Gasteiger partial charge in [0.05, 0.1) is 6.54 Å². The van der Waals surface area contributed by atoms with E-state index >= 15 is 0 Å². The molecule has 22 heavy (non-hydrogen) atoms. The van der Waals surface area contributed by atoms with Gasteiger partial charge in [-0.05, 0) is 43.3 Å². The maximum atomic E-state index is 5.86. The largest absolute Gasteiger partial charge is 0.457 e. The molecule has 0 saturated carbocycles. The predicted molar refractivity (Wildman–Crippen MR) is 90.0 cm³/mol. The van der Waals surface area contributed by atoms with E-state index in [1.165, 1.54) is 0 Å². The fraction of sp³-hybridized carbons (Fsp3) is 0.158. The van der Waals surface area contributed by atoms with Gasteiger partial charge in [0.25, 0.3) is 0 Å². The van der Waals surface area contributed by atoms with Crippen LogP contribution in [0.2, 0.25) is 0 Å². The van der Waals surface area contributed by atoms with Gasteiger partial charge in [0.2, 0.25) is 0 Å². The van der Waals surface area contributed by atoms with E-state index in [4.69, 9.17) is 4.74 Å². The van der Waals surface area contributed by atoms with Gasteiger partial charge in [-0.3, -0.25) is 0 Å². The van der Waals surface area contributed by atoms with Crippen LogP contribution in [0.5, 0.6) is 11.5 Å². The molecule has 1 heterocycles. The summed E-state index contributed by atoms with van der Waals surface area (Å²) in [5.74, 6) is 7.55. The van der Waals surface area contributed by atoms with Crippen molar-refractivity contribution in [3.8, 4) is 23.3 Å². The number of hydrogen-bond donors (Lipinski definition) is 2. The summed E-state index contributed by atoms with van der Waals surface area (Å²) in [5, 5.41) is 4.43. The van der Waals surface area contributed by atoms with Crippen molar-refractivity contribution in [2.45, 2.75) is 13.5 Å². The average molecular weight is 290 g/mol. The molecule has 0 radical (unpaired) electrons. The van der Waals surface area contributed by atoms with Crippen molar-refractivity contribution in [3.63, 3.8) is 0 Å². The smallest absolute Gasteiger partial charge is 0.128 e. The summed E-state index contributed by atoms with van der Waals surface area (Å²) in [6, 6.07) is 18.0. The van der Waals surface area contributed by atoms with Crippen LogP contribution in [-0.4, -0.2) is 11.5 Å². The number of fused-ring (bicyclic) bond motifs is 1. The Morgan fingerprint density at radius 2 is 1.91 bits per heavy atom. The molecule has 3 heteroatoms. The van der Waals surface area contributed by atoms with E-state index in [9.17, 15) is 0 Å². The first-order valence-corrected chi connectivity index (χ1v) is 7.30. The molecule has 0 unspecified atom stereocenters. The van der Waals surface area contributed by atoms with Gasteiger partial charge in [0, 0.05) is 23.1 Å². The molecule has 0 aliphatic carbocycles. The fourth-order valence-electron chi connectivity index (χ4n) is 2.30. The summed E-state index contributed by atoms with van der Waals surface area (Å²) in [5.41, 5.74) is 2.25. The van der Waals surface area contributed by atoms with E-state index in [1.807, 2.05) is 55.5 Å². The molecule has 0 aliphatic rings. The summed E-state index contributed by atoms with van der Waals surface area (Å²) in [7, 11) is 0. The highest BCUT2D eigenvalue weighted by Gasteiger charge is 2.03. The van der Waals surface area contributed by atoms with Gasteiger partial charge in [0.1, 0.15) is 11.5 Å². The average Bonchev–Trinajstić information content (AvgIpc) is 2.95. The van der Waals surface area contributed by atoms with Gasteiger partial charge in [-0.15, -0.1) is 5.92 Å². The molecule has 3 nitrogen and oxygen atoms in total. The van der Waals surface area contributed by atoms with Crippen LogP contribution in [0, 0.1) is 11.8 Å². The number of hydrogen-bond acceptors (Lipinski definition) is 2. The van der Waals surface area contributed by atoms with Crippen molar-refractivity contribution < 1.29 is 4.74 Å². The Labute approximate surface area is 130 Å². The molecule has 2 aromatic carbocycles. The van der Waals surface area contributed by atoms with Gasteiger partial charge in [0.15, 0.2) is 0 Å². The van der Waals surface area contributed by atoms with Crippen LogP contribution in [-0.2, 0) is 6.54 Å². The minimum absolute atomic E-state index is 0.703. The molecule has 3 aromatic rings. The molecule has 3 rings (SSSR count). The van der Waals surface area contributed by atoms with Crippen LogP contribution >= 0.6 is 0 Å². The second kappa shape index (κ2) is 6.84. The molecule has 0 bridgehead atoms. The molecule has 110 valence electrons. The van der Waals surface area contributed by atoms with Gasteiger partial charge in [-0.1, -0.05) is 24.1 Å². The summed E-state index contributed by atoms with van der Waals surface area (Å²) in [6.45, 7) is 3.32. The molecule has 0 atom stereocenters. The second-order valence-corrected chi connectivity index (χ2v) is 4.99. The summed E-state index contributed by atoms with van der Waals surface area (Å²) in [4.78, 5) is 3.40. The van der Waals surface area contributed by atoms with E-state index in [-0.39, 0.29) is 0 Å². The van der Waals surface area contributed by atoms with Crippen LogP contribution in [0.25, 0.3) is 10.9 Å². The number of aromatic nitrogens is 1. The van der Waals surface area contributed by atoms with Crippen molar-refractivity contribution >= 4 is 10.9 Å². The van der Waals surface area contributed by atoms with Crippen molar-refractivity contribution in [2.75, 3.05) is 6.54 Å². The third kappa shape index (κ3) is 3.49. The number of aromatic amines is 1. The van der Waals surface area contributed by atoms with Gasteiger partial charge in [-0.2, -0.15) is 0 Å². The Kier molecular flexibility index (Phi) is 4.43. The first kappa shape index (κ1) is 14.2. The predicted octanol–water partition coefficient (Wildman–Crippen LogP) is 4.07. The van der Waals surface area contributed by atoms with Gasteiger partial charge in [-0.25, -0.2) is 0 Å². The molecule has 0 aliphatic heterocycles. The van der Waals surface area contributed by atoms with Crippen molar-refractivity contribution in [2.24, 2.45) is 0 Å². The Balaban J connectivity index is 1.73. The number of para-hydroxylation sites is 1. The number of rotatable bonds is 5. The molecule has 1 aromatic heterocycles. The lowest BCUT2D eigenvalue weighted by Gasteiger charge is -2.04. The summed E-state index contributed by atoms with van der Waals surface area (Å²) < 4.78 is 5.86.